The van der Waals surface area contributed by atoms with Gasteiger partial charge in [0.1, 0.15) is 5.82 Å². The molecule has 2 rings (SSSR count). The number of aromatic nitrogens is 2. The van der Waals surface area contributed by atoms with Crippen LogP contribution in [0, 0.1) is 6.92 Å². The summed E-state index contributed by atoms with van der Waals surface area (Å²) < 4.78 is 0. The molecule has 0 aliphatic carbocycles. The fourth-order valence-electron chi connectivity index (χ4n) is 1.97. The van der Waals surface area contributed by atoms with E-state index in [2.05, 4.69) is 27.5 Å². The maximum atomic E-state index is 5.88. The molecular weight excluding hydrogens is 284 g/mol. The van der Waals surface area contributed by atoms with Crippen molar-refractivity contribution in [2.45, 2.75) is 33.1 Å². The molecule has 21 heavy (non-hydrogen) atoms. The molecule has 0 atom stereocenters. The second-order valence-corrected chi connectivity index (χ2v) is 5.42. The number of unbranched alkanes of at least 4 members (excludes halogenated alkanes) is 2. The molecule has 5 heteroatoms. The van der Waals surface area contributed by atoms with E-state index in [9.17, 15) is 0 Å². The van der Waals surface area contributed by atoms with Gasteiger partial charge in [-0.1, -0.05) is 31.4 Å². The van der Waals surface area contributed by atoms with E-state index < -0.39 is 0 Å². The maximum Gasteiger partial charge on any atom is 0.224 e. The van der Waals surface area contributed by atoms with E-state index in [1.807, 2.05) is 37.3 Å². The zero-order chi connectivity index (χ0) is 15.1. The van der Waals surface area contributed by atoms with E-state index in [0.717, 1.165) is 35.2 Å². The van der Waals surface area contributed by atoms with Gasteiger partial charge in [-0.25, -0.2) is 4.98 Å². The number of benzene rings is 1. The Balaban J connectivity index is 2.02. The quantitative estimate of drug-likeness (QED) is 0.722. The zero-order valence-electron chi connectivity index (χ0n) is 12.5. The summed E-state index contributed by atoms with van der Waals surface area (Å²) in [5.74, 6) is 1.45. The topological polar surface area (TPSA) is 49.8 Å². The van der Waals surface area contributed by atoms with Crippen molar-refractivity contribution in [2.24, 2.45) is 0 Å². The molecule has 2 N–H and O–H groups in total. The minimum Gasteiger partial charge on any atom is -0.354 e. The molecule has 1 aromatic carbocycles. The van der Waals surface area contributed by atoms with Crippen molar-refractivity contribution >= 4 is 29.1 Å². The highest BCUT2D eigenvalue weighted by Gasteiger charge is 2.02. The monoisotopic (exact) mass is 304 g/mol. The smallest absolute Gasteiger partial charge is 0.224 e. The van der Waals surface area contributed by atoms with Crippen molar-refractivity contribution in [3.05, 3.63) is 41.0 Å². The molecule has 112 valence electrons. The van der Waals surface area contributed by atoms with E-state index in [1.165, 1.54) is 12.8 Å². The number of nitrogens with one attached hydrogen (secondary N) is 2. The number of anilines is 3. The van der Waals surface area contributed by atoms with E-state index >= 15 is 0 Å². The van der Waals surface area contributed by atoms with Gasteiger partial charge in [-0.15, -0.1) is 0 Å². The third kappa shape index (κ3) is 5.23. The first-order chi connectivity index (χ1) is 10.2. The number of rotatable bonds is 7. The Morgan fingerprint density at radius 1 is 1.10 bits per heavy atom. The van der Waals surface area contributed by atoms with Gasteiger partial charge in [0.05, 0.1) is 0 Å². The average Bonchev–Trinajstić information content (AvgIpc) is 2.46. The van der Waals surface area contributed by atoms with Gasteiger partial charge in [-0.05, 0) is 37.6 Å². The van der Waals surface area contributed by atoms with Crippen LogP contribution in [0.3, 0.4) is 0 Å². The Kier molecular flexibility index (Phi) is 5.81. The van der Waals surface area contributed by atoms with Crippen LogP contribution in [0.25, 0.3) is 0 Å². The van der Waals surface area contributed by atoms with Gasteiger partial charge in [0.15, 0.2) is 0 Å². The summed E-state index contributed by atoms with van der Waals surface area (Å²) in [6.45, 7) is 5.06. The Morgan fingerprint density at radius 3 is 2.57 bits per heavy atom. The summed E-state index contributed by atoms with van der Waals surface area (Å²) in [6, 6.07) is 9.47. The van der Waals surface area contributed by atoms with Crippen LogP contribution >= 0.6 is 11.6 Å². The molecule has 1 aromatic heterocycles. The molecule has 0 saturated carbocycles. The summed E-state index contributed by atoms with van der Waals surface area (Å²) >= 11 is 5.88. The van der Waals surface area contributed by atoms with Crippen molar-refractivity contribution in [1.82, 2.24) is 9.97 Å². The molecule has 0 saturated heterocycles. The minimum atomic E-state index is 0.669. The molecule has 2 aromatic rings. The lowest BCUT2D eigenvalue weighted by Gasteiger charge is -2.10. The molecule has 1 heterocycles. The van der Waals surface area contributed by atoms with E-state index in [0.29, 0.717) is 5.95 Å². The highest BCUT2D eigenvalue weighted by atomic mass is 35.5. The molecule has 0 aliphatic heterocycles. The molecule has 0 unspecified atom stereocenters. The summed E-state index contributed by atoms with van der Waals surface area (Å²) in [6.07, 6.45) is 3.56. The Morgan fingerprint density at radius 2 is 1.86 bits per heavy atom. The molecular formula is C16H21ClN4. The number of nitrogens with zero attached hydrogens (tertiary/aromatic N) is 2. The Hall–Kier alpha value is -1.81. The van der Waals surface area contributed by atoms with Crippen LogP contribution in [0.15, 0.2) is 30.3 Å². The fourth-order valence-corrected chi connectivity index (χ4v) is 2.09. The predicted octanol–water partition coefficient (Wildman–Crippen LogP) is 4.78. The molecule has 0 aliphatic rings. The van der Waals surface area contributed by atoms with Crippen LogP contribution in [-0.4, -0.2) is 16.5 Å². The lowest BCUT2D eigenvalue weighted by Crippen LogP contribution is -2.07. The highest BCUT2D eigenvalue weighted by Crippen LogP contribution is 2.19. The first-order valence-corrected chi connectivity index (χ1v) is 7.67. The number of aryl methyl sites for hydroxylation is 1. The summed E-state index contributed by atoms with van der Waals surface area (Å²) in [5.41, 5.74) is 1.88. The molecule has 0 spiro atoms. The molecule has 0 bridgehead atoms. The molecule has 0 amide bonds. The van der Waals surface area contributed by atoms with Gasteiger partial charge in [0.2, 0.25) is 5.95 Å². The van der Waals surface area contributed by atoms with Crippen LogP contribution in [-0.2, 0) is 0 Å². The van der Waals surface area contributed by atoms with Crippen molar-refractivity contribution in [1.29, 1.82) is 0 Å². The van der Waals surface area contributed by atoms with Crippen LogP contribution in [0.5, 0.6) is 0 Å². The minimum absolute atomic E-state index is 0.669. The lowest BCUT2D eigenvalue weighted by molar-refractivity contribution is 0.740. The van der Waals surface area contributed by atoms with Crippen molar-refractivity contribution in [3.8, 4) is 0 Å². The van der Waals surface area contributed by atoms with Gasteiger partial charge < -0.3 is 10.6 Å². The van der Waals surface area contributed by atoms with E-state index in [-0.39, 0.29) is 0 Å². The number of hydrogen-bond donors (Lipinski definition) is 2. The van der Waals surface area contributed by atoms with Gasteiger partial charge in [0, 0.05) is 29.0 Å². The van der Waals surface area contributed by atoms with Crippen LogP contribution in [0.2, 0.25) is 5.02 Å². The molecule has 0 radical (unpaired) electrons. The van der Waals surface area contributed by atoms with Crippen LogP contribution in [0.4, 0.5) is 17.5 Å². The molecule has 0 fully saturated rings. The second kappa shape index (κ2) is 7.84. The Labute approximate surface area is 131 Å². The number of hydrogen-bond acceptors (Lipinski definition) is 4. The standard InChI is InChI=1S/C16H21ClN4/c1-3-4-5-10-18-16-19-12(2)11-15(21-16)20-14-8-6-13(17)7-9-14/h6-9,11H,3-5,10H2,1-2H3,(H2,18,19,20,21). The second-order valence-electron chi connectivity index (χ2n) is 4.98. The fraction of sp³-hybridized carbons (Fsp3) is 0.375. The normalized spacial score (nSPS) is 10.4. The van der Waals surface area contributed by atoms with E-state index in [1.54, 1.807) is 0 Å². The SMILES string of the molecule is CCCCCNc1nc(C)cc(Nc2ccc(Cl)cc2)n1. The van der Waals surface area contributed by atoms with Crippen molar-refractivity contribution in [3.63, 3.8) is 0 Å². The first-order valence-electron chi connectivity index (χ1n) is 7.29. The third-order valence-electron chi connectivity index (χ3n) is 3.03. The van der Waals surface area contributed by atoms with E-state index in [4.69, 9.17) is 11.6 Å². The third-order valence-corrected chi connectivity index (χ3v) is 3.29. The lowest BCUT2D eigenvalue weighted by atomic mass is 10.2. The summed E-state index contributed by atoms with van der Waals surface area (Å²) in [5, 5.41) is 7.26. The predicted molar refractivity (Wildman–Crippen MR) is 89.5 cm³/mol. The largest absolute Gasteiger partial charge is 0.354 e. The summed E-state index contributed by atoms with van der Waals surface area (Å²) in [7, 11) is 0. The molecule has 4 nitrogen and oxygen atoms in total. The van der Waals surface area contributed by atoms with Crippen LogP contribution < -0.4 is 10.6 Å². The Bertz CT molecular complexity index is 569. The van der Waals surface area contributed by atoms with Gasteiger partial charge in [-0.2, -0.15) is 4.98 Å². The maximum absolute atomic E-state index is 5.88. The average molecular weight is 305 g/mol. The first kappa shape index (κ1) is 15.6. The van der Waals surface area contributed by atoms with Gasteiger partial charge in [0.25, 0.3) is 0 Å². The number of halogens is 1. The van der Waals surface area contributed by atoms with Gasteiger partial charge in [-0.3, -0.25) is 0 Å². The zero-order valence-corrected chi connectivity index (χ0v) is 13.2. The van der Waals surface area contributed by atoms with Crippen molar-refractivity contribution in [2.75, 3.05) is 17.2 Å². The van der Waals surface area contributed by atoms with Gasteiger partial charge >= 0.3 is 0 Å². The highest BCUT2D eigenvalue weighted by molar-refractivity contribution is 6.30. The summed E-state index contributed by atoms with van der Waals surface area (Å²) in [4.78, 5) is 8.89. The van der Waals surface area contributed by atoms with Crippen molar-refractivity contribution < 1.29 is 0 Å². The van der Waals surface area contributed by atoms with Crippen LogP contribution in [0.1, 0.15) is 31.9 Å².